The van der Waals surface area contributed by atoms with Crippen molar-refractivity contribution in [3.63, 3.8) is 0 Å². The summed E-state index contributed by atoms with van der Waals surface area (Å²) in [5.41, 5.74) is 2.27. The average molecular weight is 430 g/mol. The fraction of sp³-hybridized carbons (Fsp3) is 0.346. The molecule has 4 aromatic rings. The molecule has 32 heavy (non-hydrogen) atoms. The van der Waals surface area contributed by atoms with Crippen LogP contribution in [0, 0.1) is 12.8 Å². The number of aromatic nitrogens is 3. The van der Waals surface area contributed by atoms with Crippen molar-refractivity contribution >= 4 is 21.8 Å². The molecule has 0 N–H and O–H groups in total. The minimum Gasteiger partial charge on any atom is -0.494 e. The first-order chi connectivity index (χ1) is 15.5. The molecule has 0 radical (unpaired) electrons. The van der Waals surface area contributed by atoms with E-state index >= 15 is 0 Å². The van der Waals surface area contributed by atoms with Crippen LogP contribution in [-0.4, -0.2) is 21.2 Å². The van der Waals surface area contributed by atoms with Gasteiger partial charge in [0.25, 0.3) is 5.56 Å². The Morgan fingerprint density at radius 3 is 2.47 bits per heavy atom. The second-order valence-electron chi connectivity index (χ2n) is 8.92. The lowest BCUT2D eigenvalue weighted by atomic mass is 9.87. The van der Waals surface area contributed by atoms with Gasteiger partial charge in [-0.2, -0.15) is 0 Å². The summed E-state index contributed by atoms with van der Waals surface area (Å²) in [6, 6.07) is 13.2. The van der Waals surface area contributed by atoms with Crippen molar-refractivity contribution in [3.05, 3.63) is 75.1 Å². The van der Waals surface area contributed by atoms with Gasteiger partial charge in [0, 0.05) is 17.6 Å². The number of pyridine rings is 1. The van der Waals surface area contributed by atoms with Gasteiger partial charge in [0.2, 0.25) is 0 Å². The summed E-state index contributed by atoms with van der Waals surface area (Å²) >= 11 is 0. The van der Waals surface area contributed by atoms with E-state index in [1.165, 1.54) is 4.57 Å². The highest BCUT2D eigenvalue weighted by Gasteiger charge is 2.26. The number of rotatable bonds is 3. The molecule has 6 heteroatoms. The molecule has 1 aliphatic rings. The van der Waals surface area contributed by atoms with E-state index in [4.69, 9.17) is 4.74 Å². The Morgan fingerprint density at radius 2 is 1.75 bits per heavy atom. The summed E-state index contributed by atoms with van der Waals surface area (Å²) in [6.45, 7) is 4.22. The zero-order valence-corrected chi connectivity index (χ0v) is 18.7. The summed E-state index contributed by atoms with van der Waals surface area (Å²) in [5.74, 6) is 1.28. The molecule has 2 aromatic heterocycles. The Bertz CT molecular complexity index is 1440. The predicted molar refractivity (Wildman–Crippen MR) is 127 cm³/mol. The Labute approximate surface area is 186 Å². The standard InChI is InChI=1S/C26H27N3O3/c1-16-10-12-18(13-11-16)28-24-20-8-5-9-22(32-3)23(20)27-15-21(24)25(30)29(26(28)31)19-7-4-6-17(2)14-19/h4-9,14-16,18H,10-13H2,1-3H3. The maximum absolute atomic E-state index is 14.0. The molecule has 0 aliphatic heterocycles. The van der Waals surface area contributed by atoms with E-state index in [1.807, 2.05) is 54.0 Å². The summed E-state index contributed by atoms with van der Waals surface area (Å²) in [4.78, 5) is 32.2. The van der Waals surface area contributed by atoms with E-state index in [0.717, 1.165) is 36.6 Å². The number of hydrogen-bond donors (Lipinski definition) is 0. The smallest absolute Gasteiger partial charge is 0.336 e. The molecule has 0 spiro atoms. The van der Waals surface area contributed by atoms with Gasteiger partial charge in [0.05, 0.1) is 23.7 Å². The molecule has 5 rings (SSSR count). The van der Waals surface area contributed by atoms with E-state index in [2.05, 4.69) is 11.9 Å². The minimum atomic E-state index is -0.340. The first-order valence-electron chi connectivity index (χ1n) is 11.2. The largest absolute Gasteiger partial charge is 0.494 e. The average Bonchev–Trinajstić information content (AvgIpc) is 2.79. The quantitative estimate of drug-likeness (QED) is 0.440. The molecule has 2 heterocycles. The van der Waals surface area contributed by atoms with E-state index in [0.29, 0.717) is 33.8 Å². The molecule has 1 fully saturated rings. The van der Waals surface area contributed by atoms with Crippen molar-refractivity contribution < 1.29 is 4.74 Å². The highest BCUT2D eigenvalue weighted by Crippen LogP contribution is 2.35. The van der Waals surface area contributed by atoms with Crippen LogP contribution >= 0.6 is 0 Å². The van der Waals surface area contributed by atoms with E-state index in [9.17, 15) is 9.59 Å². The van der Waals surface area contributed by atoms with E-state index in [1.54, 1.807) is 13.3 Å². The van der Waals surface area contributed by atoms with Crippen LogP contribution in [0.15, 0.2) is 58.3 Å². The van der Waals surface area contributed by atoms with Gasteiger partial charge in [-0.1, -0.05) is 31.2 Å². The number of para-hydroxylation sites is 1. The molecule has 164 valence electrons. The molecule has 2 aromatic carbocycles. The number of nitrogens with zero attached hydrogens (tertiary/aromatic N) is 3. The van der Waals surface area contributed by atoms with Crippen molar-refractivity contribution in [2.24, 2.45) is 5.92 Å². The maximum Gasteiger partial charge on any atom is 0.336 e. The fourth-order valence-corrected chi connectivity index (χ4v) is 5.01. The topological polar surface area (TPSA) is 66.1 Å². The number of aryl methyl sites for hydroxylation is 1. The van der Waals surface area contributed by atoms with Gasteiger partial charge in [-0.3, -0.25) is 14.3 Å². The van der Waals surface area contributed by atoms with E-state index < -0.39 is 0 Å². The first-order valence-corrected chi connectivity index (χ1v) is 11.2. The van der Waals surface area contributed by atoms with Gasteiger partial charge in [-0.15, -0.1) is 0 Å². The highest BCUT2D eigenvalue weighted by molar-refractivity contribution is 6.05. The normalized spacial score (nSPS) is 18.8. The van der Waals surface area contributed by atoms with Gasteiger partial charge in [-0.05, 0) is 62.3 Å². The molecule has 0 saturated heterocycles. The summed E-state index contributed by atoms with van der Waals surface area (Å²) in [5, 5.41) is 1.22. The molecule has 1 saturated carbocycles. The van der Waals surface area contributed by atoms with Crippen molar-refractivity contribution in [1.29, 1.82) is 0 Å². The molecular formula is C26H27N3O3. The number of hydrogen-bond acceptors (Lipinski definition) is 4. The van der Waals surface area contributed by atoms with Crippen LogP contribution in [0.1, 0.15) is 44.2 Å². The molecule has 0 atom stereocenters. The first kappa shape index (κ1) is 20.5. The molecule has 6 nitrogen and oxygen atoms in total. The third-order valence-corrected chi connectivity index (χ3v) is 6.73. The van der Waals surface area contributed by atoms with Crippen LogP contribution in [-0.2, 0) is 0 Å². The molecule has 0 unspecified atom stereocenters. The summed E-state index contributed by atoms with van der Waals surface area (Å²) in [6.07, 6.45) is 5.55. The van der Waals surface area contributed by atoms with Crippen molar-refractivity contribution in [2.75, 3.05) is 7.11 Å². The molecule has 0 amide bonds. The van der Waals surface area contributed by atoms with Gasteiger partial charge in [-0.25, -0.2) is 9.36 Å². The van der Waals surface area contributed by atoms with Crippen LogP contribution in [0.4, 0.5) is 0 Å². The fourth-order valence-electron chi connectivity index (χ4n) is 5.01. The van der Waals surface area contributed by atoms with Crippen molar-refractivity contribution in [2.45, 2.75) is 45.6 Å². The van der Waals surface area contributed by atoms with Crippen LogP contribution < -0.4 is 16.0 Å². The van der Waals surface area contributed by atoms with Gasteiger partial charge < -0.3 is 4.74 Å². The number of fused-ring (bicyclic) bond motifs is 3. The Kier molecular flexibility index (Phi) is 5.08. The molecule has 0 bridgehead atoms. The van der Waals surface area contributed by atoms with Crippen LogP contribution in [0.3, 0.4) is 0 Å². The van der Waals surface area contributed by atoms with Crippen LogP contribution in [0.25, 0.3) is 27.5 Å². The lowest BCUT2D eigenvalue weighted by molar-refractivity contribution is 0.287. The van der Waals surface area contributed by atoms with Gasteiger partial charge in [0.1, 0.15) is 11.3 Å². The Balaban J connectivity index is 1.92. The predicted octanol–water partition coefficient (Wildman–Crippen LogP) is 4.77. The van der Waals surface area contributed by atoms with E-state index in [-0.39, 0.29) is 17.3 Å². The zero-order valence-electron chi connectivity index (χ0n) is 18.7. The van der Waals surface area contributed by atoms with Gasteiger partial charge in [0.15, 0.2) is 0 Å². The zero-order chi connectivity index (χ0) is 22.4. The summed E-state index contributed by atoms with van der Waals surface area (Å²) < 4.78 is 8.67. The number of ether oxygens (including phenoxy) is 1. The SMILES string of the molecule is COc1cccc2c1ncc1c(=O)n(-c3cccc(C)c3)c(=O)n(C3CCC(C)CC3)c12. The molecule has 1 aliphatic carbocycles. The second kappa shape index (κ2) is 7.93. The maximum atomic E-state index is 14.0. The van der Waals surface area contributed by atoms with Crippen LogP contribution in [0.2, 0.25) is 0 Å². The minimum absolute atomic E-state index is 0.0367. The van der Waals surface area contributed by atoms with Crippen molar-refractivity contribution in [1.82, 2.24) is 14.1 Å². The Hall–Kier alpha value is -3.41. The Morgan fingerprint density at radius 1 is 1.00 bits per heavy atom. The second-order valence-corrected chi connectivity index (χ2v) is 8.92. The highest BCUT2D eigenvalue weighted by atomic mass is 16.5. The lowest BCUT2D eigenvalue weighted by Gasteiger charge is -2.29. The third kappa shape index (κ3) is 3.22. The van der Waals surface area contributed by atoms with Crippen LogP contribution in [0.5, 0.6) is 5.75 Å². The molecular weight excluding hydrogens is 402 g/mol. The number of benzene rings is 2. The lowest BCUT2D eigenvalue weighted by Crippen LogP contribution is -2.41. The summed E-state index contributed by atoms with van der Waals surface area (Å²) in [7, 11) is 1.60. The van der Waals surface area contributed by atoms with Crippen molar-refractivity contribution in [3.8, 4) is 11.4 Å². The third-order valence-electron chi connectivity index (χ3n) is 6.73. The monoisotopic (exact) mass is 429 g/mol. The number of methoxy groups -OCH3 is 1. The van der Waals surface area contributed by atoms with Gasteiger partial charge >= 0.3 is 5.69 Å².